The third kappa shape index (κ3) is 23.5. The quantitative estimate of drug-likeness (QED) is 0.114. The molecule has 0 N–H and O–H groups in total. The number of unbranched alkanes of at least 4 members (excludes halogenated alkanes) is 1. The monoisotopic (exact) mass is 632 g/mol. The van der Waals surface area contributed by atoms with Gasteiger partial charge in [0.1, 0.15) is 18.0 Å². The van der Waals surface area contributed by atoms with Crippen LogP contribution in [0.4, 0.5) is 0 Å². The highest BCUT2D eigenvalue weighted by molar-refractivity contribution is 6.08. The Hall–Kier alpha value is -2.48. The van der Waals surface area contributed by atoms with Crippen LogP contribution in [0, 0.1) is 0 Å². The largest absolute Gasteiger partial charge is 0.381 e. The van der Waals surface area contributed by atoms with Gasteiger partial charge < -0.3 is 14.2 Å². The summed E-state index contributed by atoms with van der Waals surface area (Å²) in [5, 5.41) is 0. The van der Waals surface area contributed by atoms with Crippen LogP contribution in [-0.2, 0) is 33.4 Å². The van der Waals surface area contributed by atoms with Gasteiger partial charge in [0.25, 0.3) is 0 Å². The number of ketones is 4. The maximum Gasteiger partial charge on any atom is 0.195 e. The normalized spacial score (nSPS) is 23.1. The van der Waals surface area contributed by atoms with E-state index in [0.717, 1.165) is 75.7 Å². The maximum atomic E-state index is 11.5. The van der Waals surface area contributed by atoms with E-state index in [9.17, 15) is 19.2 Å². The van der Waals surface area contributed by atoms with Crippen molar-refractivity contribution in [1.29, 1.82) is 0 Å². The van der Waals surface area contributed by atoms with Gasteiger partial charge in [-0.05, 0) is 110 Å². The molecule has 2 heterocycles. The number of ether oxygens (including phenoxy) is 3. The topological polar surface area (TPSA) is 103 Å². The Morgan fingerprint density at radius 2 is 1.18 bits per heavy atom. The van der Waals surface area contributed by atoms with Gasteiger partial charge in [-0.15, -0.1) is 0 Å². The van der Waals surface area contributed by atoms with Gasteiger partial charge in [0.2, 0.25) is 0 Å². The van der Waals surface area contributed by atoms with Crippen molar-refractivity contribution in [2.24, 2.45) is 0 Å². The maximum absolute atomic E-state index is 11.5. The van der Waals surface area contributed by atoms with E-state index in [-0.39, 0.29) is 41.8 Å². The molecule has 4 atom stereocenters. The summed E-state index contributed by atoms with van der Waals surface area (Å²) in [6, 6.07) is 0. The lowest BCUT2D eigenvalue weighted by Gasteiger charge is -2.14. The lowest BCUT2D eigenvalue weighted by molar-refractivity contribution is -0.121. The Balaban J connectivity index is 0. The van der Waals surface area contributed by atoms with Crippen LogP contribution in [-0.4, -0.2) is 60.8 Å². The second-order valence-corrected chi connectivity index (χ2v) is 11.1. The third-order valence-electron chi connectivity index (χ3n) is 6.87. The zero-order valence-corrected chi connectivity index (χ0v) is 30.1. The zero-order valence-electron chi connectivity index (χ0n) is 30.1. The highest BCUT2D eigenvalue weighted by atomic mass is 16.6. The molecule has 0 aromatic heterocycles. The summed E-state index contributed by atoms with van der Waals surface area (Å²) in [6.07, 6.45) is 20.5. The van der Waals surface area contributed by atoms with Crippen LogP contribution in [0.5, 0.6) is 0 Å². The summed E-state index contributed by atoms with van der Waals surface area (Å²) in [7, 11) is 0. The van der Waals surface area contributed by atoms with Crippen molar-refractivity contribution < 1.29 is 33.4 Å². The molecule has 258 valence electrons. The summed E-state index contributed by atoms with van der Waals surface area (Å²) in [4.78, 5) is 43.7. The highest BCUT2D eigenvalue weighted by Gasteiger charge is 2.52. The summed E-state index contributed by atoms with van der Waals surface area (Å²) in [5.74, 6) is 0.853. The second-order valence-electron chi connectivity index (χ2n) is 11.1. The van der Waals surface area contributed by atoms with Gasteiger partial charge in [-0.1, -0.05) is 58.4 Å². The molecule has 3 fully saturated rings. The number of Topliss-reactive ketones (excluding diaryl/α,β-unsaturated/α-hetero) is 3. The highest BCUT2D eigenvalue weighted by Crippen LogP contribution is 2.31. The van der Waals surface area contributed by atoms with Crippen LogP contribution >= 0.6 is 0 Å². The third-order valence-corrected chi connectivity index (χ3v) is 6.87. The minimum Gasteiger partial charge on any atom is -0.381 e. The Bertz CT molecular complexity index is 889. The summed E-state index contributed by atoms with van der Waals surface area (Å²) >= 11 is 0. The van der Waals surface area contributed by atoms with Crippen molar-refractivity contribution in [3.8, 4) is 0 Å². The van der Waals surface area contributed by atoms with Gasteiger partial charge in [-0.2, -0.15) is 0 Å². The van der Waals surface area contributed by atoms with Crippen LogP contribution in [0.1, 0.15) is 133 Å². The number of carbonyl (C=O) groups excluding carboxylic acids is 4. The predicted molar refractivity (Wildman–Crippen MR) is 186 cm³/mol. The Labute approximate surface area is 274 Å². The minimum absolute atomic E-state index is 0.0509. The van der Waals surface area contributed by atoms with Crippen molar-refractivity contribution in [2.75, 3.05) is 13.2 Å². The van der Waals surface area contributed by atoms with E-state index in [1.54, 1.807) is 12.2 Å². The molecule has 0 radical (unpaired) electrons. The van der Waals surface area contributed by atoms with Crippen molar-refractivity contribution in [2.45, 2.75) is 158 Å². The Morgan fingerprint density at radius 3 is 1.49 bits per heavy atom. The predicted octanol–water partition coefficient (Wildman–Crippen LogP) is 8.84. The van der Waals surface area contributed by atoms with E-state index in [1.807, 2.05) is 67.5 Å². The molecule has 1 aliphatic carbocycles. The van der Waals surface area contributed by atoms with E-state index in [1.165, 1.54) is 25.0 Å². The van der Waals surface area contributed by atoms with E-state index < -0.39 is 0 Å². The number of rotatable bonds is 13. The molecular weight excluding hydrogens is 568 g/mol. The molecule has 1 saturated carbocycles. The molecule has 7 nitrogen and oxygen atoms in total. The van der Waals surface area contributed by atoms with Gasteiger partial charge >= 0.3 is 0 Å². The smallest absolute Gasteiger partial charge is 0.195 e. The summed E-state index contributed by atoms with van der Waals surface area (Å²) in [6.45, 7) is 21.6. The van der Waals surface area contributed by atoms with Crippen LogP contribution in [0.3, 0.4) is 0 Å². The van der Waals surface area contributed by atoms with Crippen LogP contribution in [0.25, 0.3) is 0 Å². The van der Waals surface area contributed by atoms with Gasteiger partial charge in [0.15, 0.2) is 17.3 Å². The fourth-order valence-corrected chi connectivity index (χ4v) is 4.14. The first-order valence-electron chi connectivity index (χ1n) is 17.1. The fraction of sp³-hybridized carbons (Fsp3) is 0.684. The van der Waals surface area contributed by atoms with Crippen molar-refractivity contribution in [1.82, 2.24) is 0 Å². The first kappa shape index (κ1) is 44.6. The molecular formula is C38H64O7. The summed E-state index contributed by atoms with van der Waals surface area (Å²) < 4.78 is 15.2. The van der Waals surface area contributed by atoms with Gasteiger partial charge in [-0.25, -0.2) is 0 Å². The molecule has 4 unspecified atom stereocenters. The van der Waals surface area contributed by atoms with Crippen LogP contribution in [0.2, 0.25) is 0 Å². The van der Waals surface area contributed by atoms with Gasteiger partial charge in [-0.3, -0.25) is 19.2 Å². The van der Waals surface area contributed by atoms with E-state index >= 15 is 0 Å². The van der Waals surface area contributed by atoms with Crippen molar-refractivity contribution >= 4 is 23.1 Å². The van der Waals surface area contributed by atoms with Gasteiger partial charge in [0.05, 0.1) is 12.2 Å². The number of allylic oxidation sites excluding steroid dienone is 8. The molecule has 45 heavy (non-hydrogen) atoms. The SMILES string of the molecule is C/C=C1\CCC/C(=C\C)C1=O.CC1OC1C(=O)C1OC1C.CC=CC(=O)C=CC.CCCC(=O)CCC.CCCCOCCC. The second kappa shape index (κ2) is 29.0. The molecule has 0 aromatic carbocycles. The van der Waals surface area contributed by atoms with E-state index in [0.29, 0.717) is 5.78 Å². The Kier molecular flexibility index (Phi) is 28.7. The van der Waals surface area contributed by atoms with Crippen LogP contribution in [0.15, 0.2) is 47.6 Å². The molecule has 2 saturated heterocycles. The minimum atomic E-state index is -0.157. The lowest BCUT2D eigenvalue weighted by Crippen LogP contribution is -2.16. The average molecular weight is 633 g/mol. The van der Waals surface area contributed by atoms with Crippen LogP contribution < -0.4 is 0 Å². The lowest BCUT2D eigenvalue weighted by atomic mass is 9.89. The summed E-state index contributed by atoms with van der Waals surface area (Å²) in [5.41, 5.74) is 1.98. The van der Waals surface area contributed by atoms with E-state index in [4.69, 9.17) is 14.2 Å². The number of hydrogen-bond donors (Lipinski definition) is 0. The van der Waals surface area contributed by atoms with Crippen molar-refractivity contribution in [3.05, 3.63) is 47.6 Å². The first-order chi connectivity index (χ1) is 21.5. The molecule has 2 aliphatic heterocycles. The Morgan fingerprint density at radius 1 is 0.733 bits per heavy atom. The molecule has 0 aromatic rings. The number of hydrogen-bond acceptors (Lipinski definition) is 7. The standard InChI is InChI=1S/C10H14O.C7H10O3.C7H16O.C7H14O.C7H10O/c1-3-8-6-5-7-9(4-2)10(8)11;1-3-6(9-3)5(8)7-4(2)10-7;1-3-5-7-8-6-4-2;2*1-3-5-7(8)6-4-2/h3-4H,5-7H2,1-2H3;3-4,6-7H,1-2H3;3-7H2,1-2H3;3-6H2,1-2H3;3-6H,1-2H3/b8-3+,9-4+;;;;. The molecule has 3 rings (SSSR count). The number of carbonyl (C=O) groups is 4. The number of epoxide rings is 2. The first-order valence-corrected chi connectivity index (χ1v) is 17.1. The molecule has 3 aliphatic rings. The zero-order chi connectivity index (χ0) is 34.6. The molecule has 7 heteroatoms. The molecule has 0 spiro atoms. The molecule has 0 bridgehead atoms. The molecule has 0 amide bonds. The van der Waals surface area contributed by atoms with E-state index in [2.05, 4.69) is 13.8 Å². The van der Waals surface area contributed by atoms with Crippen molar-refractivity contribution in [3.63, 3.8) is 0 Å². The fourth-order valence-electron chi connectivity index (χ4n) is 4.14. The van der Waals surface area contributed by atoms with Gasteiger partial charge in [0, 0.05) is 26.1 Å². The average Bonchev–Trinajstić information content (AvgIpc) is 3.94.